The lowest BCUT2D eigenvalue weighted by molar-refractivity contribution is 0.1000. The van der Waals surface area contributed by atoms with Gasteiger partial charge in [-0.2, -0.15) is 0 Å². The number of carbonyl (C=O) groups is 1. The molecule has 1 aromatic rings. The number of hydrogen-bond acceptors (Lipinski definition) is 3. The molecule has 2 rings (SSSR count). The van der Waals surface area contributed by atoms with E-state index in [2.05, 4.69) is 17.1 Å². The highest BCUT2D eigenvalue weighted by molar-refractivity contribution is 5.93. The number of primary amides is 1. The summed E-state index contributed by atoms with van der Waals surface area (Å²) >= 11 is 0. The highest BCUT2D eigenvalue weighted by atomic mass is 16.1. The Labute approximate surface area is 115 Å². The molecule has 1 aromatic carbocycles. The molecule has 1 aliphatic heterocycles. The standard InChI is InChI=1S/C15H23N3O/c1-3-6-18(14-8-17-9-14)10-13-5-4-12(15(16)19)7-11(13)2/h4-5,7,14,17H,3,6,8-10H2,1-2H3,(H2,16,19). The zero-order valence-electron chi connectivity index (χ0n) is 11.8. The van der Waals surface area contributed by atoms with Crippen LogP contribution in [0.3, 0.4) is 0 Å². The first-order chi connectivity index (χ1) is 9.11. The number of aryl methyl sites for hydroxylation is 1. The zero-order chi connectivity index (χ0) is 13.8. The smallest absolute Gasteiger partial charge is 0.248 e. The molecule has 3 N–H and O–H groups in total. The molecule has 0 unspecified atom stereocenters. The lowest BCUT2D eigenvalue weighted by Crippen LogP contribution is -2.57. The van der Waals surface area contributed by atoms with E-state index in [1.165, 1.54) is 5.56 Å². The second-order valence-electron chi connectivity index (χ2n) is 5.29. The average Bonchev–Trinajstić information content (AvgIpc) is 2.29. The molecule has 0 aliphatic carbocycles. The first-order valence-corrected chi connectivity index (χ1v) is 6.96. The molecule has 104 valence electrons. The van der Waals surface area contributed by atoms with E-state index >= 15 is 0 Å². The van der Waals surface area contributed by atoms with Crippen LogP contribution in [0.2, 0.25) is 0 Å². The molecule has 0 radical (unpaired) electrons. The van der Waals surface area contributed by atoms with E-state index in [9.17, 15) is 4.79 Å². The van der Waals surface area contributed by atoms with Crippen molar-refractivity contribution in [2.45, 2.75) is 32.9 Å². The van der Waals surface area contributed by atoms with E-state index in [-0.39, 0.29) is 5.91 Å². The summed E-state index contributed by atoms with van der Waals surface area (Å²) in [4.78, 5) is 13.7. The van der Waals surface area contributed by atoms with Gasteiger partial charge in [-0.1, -0.05) is 13.0 Å². The maximum atomic E-state index is 11.2. The van der Waals surface area contributed by atoms with Crippen molar-refractivity contribution in [1.82, 2.24) is 10.2 Å². The first kappa shape index (κ1) is 14.0. The van der Waals surface area contributed by atoms with Gasteiger partial charge in [-0.25, -0.2) is 0 Å². The minimum Gasteiger partial charge on any atom is -0.366 e. The molecular formula is C15H23N3O. The first-order valence-electron chi connectivity index (χ1n) is 6.96. The van der Waals surface area contributed by atoms with Gasteiger partial charge in [0.2, 0.25) is 5.91 Å². The van der Waals surface area contributed by atoms with Crippen LogP contribution >= 0.6 is 0 Å². The molecule has 0 spiro atoms. The van der Waals surface area contributed by atoms with Gasteiger partial charge in [-0.05, 0) is 43.1 Å². The summed E-state index contributed by atoms with van der Waals surface area (Å²) in [5.41, 5.74) is 8.32. The van der Waals surface area contributed by atoms with Gasteiger partial charge < -0.3 is 11.1 Å². The number of nitrogens with zero attached hydrogens (tertiary/aromatic N) is 1. The van der Waals surface area contributed by atoms with Gasteiger partial charge in [0.1, 0.15) is 0 Å². The van der Waals surface area contributed by atoms with Gasteiger partial charge in [0, 0.05) is 31.2 Å². The average molecular weight is 261 g/mol. The van der Waals surface area contributed by atoms with E-state index in [0.717, 1.165) is 38.2 Å². The molecule has 1 aliphatic rings. The monoisotopic (exact) mass is 261 g/mol. The number of carbonyl (C=O) groups excluding carboxylic acids is 1. The molecular weight excluding hydrogens is 238 g/mol. The Kier molecular flexibility index (Phi) is 4.56. The lowest BCUT2D eigenvalue weighted by atomic mass is 10.0. The summed E-state index contributed by atoms with van der Waals surface area (Å²) in [6.45, 7) is 8.48. The van der Waals surface area contributed by atoms with E-state index in [1.54, 1.807) is 0 Å². The zero-order valence-corrected chi connectivity index (χ0v) is 11.8. The van der Waals surface area contributed by atoms with Crippen molar-refractivity contribution in [2.24, 2.45) is 5.73 Å². The topological polar surface area (TPSA) is 58.4 Å². The number of nitrogens with one attached hydrogen (secondary N) is 1. The van der Waals surface area contributed by atoms with Crippen molar-refractivity contribution in [1.29, 1.82) is 0 Å². The third kappa shape index (κ3) is 3.33. The lowest BCUT2D eigenvalue weighted by Gasteiger charge is -2.38. The minimum absolute atomic E-state index is 0.358. The van der Waals surface area contributed by atoms with E-state index in [4.69, 9.17) is 5.73 Å². The van der Waals surface area contributed by atoms with Crippen LogP contribution in [0.5, 0.6) is 0 Å². The number of hydrogen-bond donors (Lipinski definition) is 2. The van der Waals surface area contributed by atoms with Crippen molar-refractivity contribution in [3.05, 3.63) is 34.9 Å². The summed E-state index contributed by atoms with van der Waals surface area (Å²) in [6.07, 6.45) is 1.16. The Balaban J connectivity index is 2.09. The highest BCUT2D eigenvalue weighted by Gasteiger charge is 2.24. The van der Waals surface area contributed by atoms with Crippen molar-refractivity contribution < 1.29 is 4.79 Å². The largest absolute Gasteiger partial charge is 0.366 e. The fraction of sp³-hybridized carbons (Fsp3) is 0.533. The summed E-state index contributed by atoms with van der Waals surface area (Å²) in [6, 6.07) is 6.40. The van der Waals surface area contributed by atoms with Gasteiger partial charge in [-0.3, -0.25) is 9.69 Å². The molecule has 0 saturated carbocycles. The van der Waals surface area contributed by atoms with Crippen LogP contribution < -0.4 is 11.1 Å². The second kappa shape index (κ2) is 6.17. The van der Waals surface area contributed by atoms with Gasteiger partial charge in [-0.15, -0.1) is 0 Å². The maximum Gasteiger partial charge on any atom is 0.248 e. The van der Waals surface area contributed by atoms with E-state index in [1.807, 2.05) is 25.1 Å². The normalized spacial score (nSPS) is 15.5. The quantitative estimate of drug-likeness (QED) is 0.811. The van der Waals surface area contributed by atoms with E-state index < -0.39 is 0 Å². The SMILES string of the molecule is CCCN(Cc1ccc(C(N)=O)cc1C)C1CNC1. The van der Waals surface area contributed by atoms with Gasteiger partial charge in [0.25, 0.3) is 0 Å². The molecule has 19 heavy (non-hydrogen) atoms. The Morgan fingerprint density at radius 1 is 1.47 bits per heavy atom. The Morgan fingerprint density at radius 2 is 2.21 bits per heavy atom. The van der Waals surface area contributed by atoms with Crippen molar-refractivity contribution in [2.75, 3.05) is 19.6 Å². The molecule has 0 atom stereocenters. The summed E-state index contributed by atoms with van der Waals surface area (Å²) in [5.74, 6) is -0.358. The van der Waals surface area contributed by atoms with Gasteiger partial charge >= 0.3 is 0 Å². The van der Waals surface area contributed by atoms with E-state index in [0.29, 0.717) is 11.6 Å². The van der Waals surface area contributed by atoms with Crippen LogP contribution in [-0.2, 0) is 6.54 Å². The van der Waals surface area contributed by atoms with Gasteiger partial charge in [0.05, 0.1) is 0 Å². The Hall–Kier alpha value is -1.39. The minimum atomic E-state index is -0.358. The van der Waals surface area contributed by atoms with Crippen molar-refractivity contribution >= 4 is 5.91 Å². The molecule has 0 aromatic heterocycles. The molecule has 4 heteroatoms. The van der Waals surface area contributed by atoms with Crippen LogP contribution in [0, 0.1) is 6.92 Å². The molecule has 1 amide bonds. The summed E-state index contributed by atoms with van der Waals surface area (Å²) in [7, 11) is 0. The van der Waals surface area contributed by atoms with Crippen LogP contribution in [0.25, 0.3) is 0 Å². The molecule has 1 saturated heterocycles. The second-order valence-corrected chi connectivity index (χ2v) is 5.29. The third-order valence-electron chi connectivity index (χ3n) is 3.79. The number of benzene rings is 1. The molecule has 0 bridgehead atoms. The maximum absolute atomic E-state index is 11.2. The predicted molar refractivity (Wildman–Crippen MR) is 77.1 cm³/mol. The number of rotatable bonds is 6. The number of nitrogens with two attached hydrogens (primary N) is 1. The number of amides is 1. The fourth-order valence-electron chi connectivity index (χ4n) is 2.45. The molecule has 1 heterocycles. The Bertz CT molecular complexity index is 455. The molecule has 4 nitrogen and oxygen atoms in total. The van der Waals surface area contributed by atoms with Gasteiger partial charge in [0.15, 0.2) is 0 Å². The summed E-state index contributed by atoms with van der Waals surface area (Å²) in [5, 5.41) is 3.32. The Morgan fingerprint density at radius 3 is 2.68 bits per heavy atom. The fourth-order valence-corrected chi connectivity index (χ4v) is 2.45. The van der Waals surface area contributed by atoms with Crippen molar-refractivity contribution in [3.8, 4) is 0 Å². The van der Waals surface area contributed by atoms with Crippen LogP contribution in [0.1, 0.15) is 34.8 Å². The van der Waals surface area contributed by atoms with Crippen LogP contribution in [-0.4, -0.2) is 36.5 Å². The third-order valence-corrected chi connectivity index (χ3v) is 3.79. The predicted octanol–water partition coefficient (Wildman–Crippen LogP) is 1.28. The van der Waals surface area contributed by atoms with Crippen LogP contribution in [0.4, 0.5) is 0 Å². The van der Waals surface area contributed by atoms with Crippen LogP contribution in [0.15, 0.2) is 18.2 Å². The van der Waals surface area contributed by atoms with Crippen molar-refractivity contribution in [3.63, 3.8) is 0 Å². The highest BCUT2D eigenvalue weighted by Crippen LogP contribution is 2.16. The molecule has 1 fully saturated rings. The summed E-state index contributed by atoms with van der Waals surface area (Å²) < 4.78 is 0.